The summed E-state index contributed by atoms with van der Waals surface area (Å²) in [6.45, 7) is 8.14. The van der Waals surface area contributed by atoms with E-state index in [1.54, 1.807) is 12.3 Å². The molecule has 5 heterocycles. The Bertz CT molecular complexity index is 1210. The van der Waals surface area contributed by atoms with Gasteiger partial charge in [0.1, 0.15) is 23.6 Å². The van der Waals surface area contributed by atoms with Gasteiger partial charge in [-0.05, 0) is 51.3 Å². The second-order valence-corrected chi connectivity index (χ2v) is 10.1. The zero-order valence-corrected chi connectivity index (χ0v) is 21.0. The lowest BCUT2D eigenvalue weighted by molar-refractivity contribution is -0.131. The minimum atomic E-state index is -0.228. The third-order valence-electron chi connectivity index (χ3n) is 7.38. The number of aromatic nitrogens is 3. The summed E-state index contributed by atoms with van der Waals surface area (Å²) in [5.74, 6) is 0.665. The first-order valence-corrected chi connectivity index (χ1v) is 12.8. The summed E-state index contributed by atoms with van der Waals surface area (Å²) in [7, 11) is 0. The van der Waals surface area contributed by atoms with Gasteiger partial charge in [-0.1, -0.05) is 6.08 Å². The number of piperazine rings is 1. The number of fused-ring (bicyclic) bond motifs is 8. The summed E-state index contributed by atoms with van der Waals surface area (Å²) in [5, 5.41) is 11.4. The Kier molecular flexibility index (Phi) is 7.04. The van der Waals surface area contributed by atoms with Crippen LogP contribution >= 0.6 is 0 Å². The average molecular weight is 496 g/mol. The van der Waals surface area contributed by atoms with E-state index < -0.39 is 0 Å². The maximum atomic E-state index is 14.8. The van der Waals surface area contributed by atoms with Crippen LogP contribution in [0.2, 0.25) is 0 Å². The van der Waals surface area contributed by atoms with Crippen molar-refractivity contribution in [1.82, 2.24) is 24.8 Å². The molecule has 0 aromatic carbocycles. The van der Waals surface area contributed by atoms with Crippen molar-refractivity contribution >= 4 is 29.0 Å². The van der Waals surface area contributed by atoms with Gasteiger partial charge in [0, 0.05) is 51.4 Å². The Morgan fingerprint density at radius 3 is 2.67 bits per heavy atom. The molecule has 1 amide bonds. The predicted molar refractivity (Wildman–Crippen MR) is 138 cm³/mol. The van der Waals surface area contributed by atoms with Gasteiger partial charge in [0.25, 0.3) is 0 Å². The number of aromatic hydroxyl groups is 1. The first-order chi connectivity index (χ1) is 17.4. The first kappa shape index (κ1) is 24.4. The highest BCUT2D eigenvalue weighted by atomic mass is 19.1. The van der Waals surface area contributed by atoms with E-state index in [0.29, 0.717) is 68.0 Å². The number of aromatic amines is 1. The highest BCUT2D eigenvalue weighted by molar-refractivity contribution is 6.06. The molecule has 1 saturated heterocycles. The van der Waals surface area contributed by atoms with E-state index in [0.717, 1.165) is 25.0 Å². The van der Waals surface area contributed by atoms with Crippen LogP contribution in [-0.2, 0) is 4.79 Å². The Balaban J connectivity index is 1.50. The van der Waals surface area contributed by atoms with Crippen molar-refractivity contribution in [3.8, 4) is 5.88 Å². The van der Waals surface area contributed by atoms with Crippen LogP contribution in [-0.4, -0.2) is 93.3 Å². The summed E-state index contributed by atoms with van der Waals surface area (Å²) in [6.07, 6.45) is 9.10. The molecule has 3 aliphatic heterocycles. The number of H-pyrrole nitrogens is 1. The van der Waals surface area contributed by atoms with Crippen molar-refractivity contribution < 1.29 is 14.3 Å². The zero-order chi connectivity index (χ0) is 25.2. The van der Waals surface area contributed by atoms with Crippen molar-refractivity contribution in [2.24, 2.45) is 4.99 Å². The molecule has 1 unspecified atom stereocenters. The summed E-state index contributed by atoms with van der Waals surface area (Å²) < 4.78 is 14.8. The van der Waals surface area contributed by atoms with Crippen molar-refractivity contribution in [2.75, 3.05) is 44.2 Å². The highest BCUT2D eigenvalue weighted by Crippen LogP contribution is 2.32. The minimum Gasteiger partial charge on any atom is -0.494 e. The quantitative estimate of drug-likeness (QED) is 0.630. The van der Waals surface area contributed by atoms with Crippen LogP contribution in [0.15, 0.2) is 34.9 Å². The van der Waals surface area contributed by atoms with Crippen LogP contribution in [0.4, 0.5) is 10.2 Å². The smallest absolute Gasteiger partial charge is 0.222 e. The fourth-order valence-corrected chi connectivity index (χ4v) is 5.21. The van der Waals surface area contributed by atoms with Crippen molar-refractivity contribution in [1.29, 1.82) is 0 Å². The monoisotopic (exact) mass is 495 g/mol. The van der Waals surface area contributed by atoms with Crippen LogP contribution in [0.25, 0.3) is 11.0 Å². The number of rotatable bonds is 1. The van der Waals surface area contributed by atoms with Gasteiger partial charge in [-0.25, -0.2) is 14.4 Å². The zero-order valence-electron chi connectivity index (χ0n) is 21.0. The number of nitrogens with zero attached hydrogens (tertiary/aromatic N) is 6. The van der Waals surface area contributed by atoms with Crippen LogP contribution in [0, 0.1) is 0 Å². The molecule has 36 heavy (non-hydrogen) atoms. The third kappa shape index (κ3) is 5.00. The Labute approximate surface area is 210 Å². The molecule has 0 spiro atoms. The van der Waals surface area contributed by atoms with E-state index in [1.807, 2.05) is 4.90 Å². The molecule has 2 aromatic heterocycles. The van der Waals surface area contributed by atoms with Crippen LogP contribution in [0.5, 0.6) is 5.88 Å². The lowest BCUT2D eigenvalue weighted by Gasteiger charge is -2.35. The van der Waals surface area contributed by atoms with E-state index in [9.17, 15) is 14.3 Å². The largest absolute Gasteiger partial charge is 0.494 e. The molecule has 0 radical (unpaired) electrons. The number of carbonyl (C=O) groups excluding carboxylic acids is 1. The van der Waals surface area contributed by atoms with Gasteiger partial charge in [-0.3, -0.25) is 14.7 Å². The lowest BCUT2D eigenvalue weighted by atomic mass is 9.99. The molecule has 10 heteroatoms. The van der Waals surface area contributed by atoms with Gasteiger partial charge in [0.15, 0.2) is 5.88 Å². The van der Waals surface area contributed by atoms with E-state index in [1.165, 1.54) is 12.4 Å². The Hall–Kier alpha value is -3.27. The van der Waals surface area contributed by atoms with Gasteiger partial charge >= 0.3 is 0 Å². The van der Waals surface area contributed by atoms with Crippen LogP contribution in [0.3, 0.4) is 0 Å². The number of hydrogen-bond acceptors (Lipinski definition) is 7. The van der Waals surface area contributed by atoms with E-state index >= 15 is 0 Å². The standard InChI is InChI=1S/C26H34FN7O2/c1-17(2)34-8-4-3-5-22(35)32-9-11-33(12-10-32)25-23-20(26(36)31-24(23)29-16-30-25)14-28-19-6-7-21(27)18(13-19)15-34/h6-7,14,16-17,19,36H,3-5,8-13,15H2,1-2H3,(H,29,30,31). The molecule has 6 rings (SSSR count). The fraction of sp³-hybridized carbons (Fsp3) is 0.538. The number of allylic oxidation sites excluding steroid dienone is 2. The first-order valence-electron chi connectivity index (χ1n) is 12.8. The van der Waals surface area contributed by atoms with Crippen LogP contribution in [0.1, 0.15) is 45.1 Å². The molecule has 2 aromatic rings. The Morgan fingerprint density at radius 2 is 1.89 bits per heavy atom. The number of hydrogen-bond donors (Lipinski definition) is 2. The molecule has 1 fully saturated rings. The molecule has 2 N–H and O–H groups in total. The second kappa shape index (κ2) is 10.4. The third-order valence-corrected chi connectivity index (χ3v) is 7.38. The number of nitrogens with one attached hydrogen (secondary N) is 1. The van der Waals surface area contributed by atoms with Gasteiger partial charge in [0.2, 0.25) is 5.91 Å². The normalized spacial score (nSPS) is 22.4. The number of carbonyl (C=O) groups is 1. The maximum Gasteiger partial charge on any atom is 0.222 e. The fourth-order valence-electron chi connectivity index (χ4n) is 5.21. The molecule has 9 nitrogen and oxygen atoms in total. The van der Waals surface area contributed by atoms with Gasteiger partial charge < -0.3 is 19.9 Å². The molecular weight excluding hydrogens is 461 g/mol. The van der Waals surface area contributed by atoms with E-state index in [-0.39, 0.29) is 29.7 Å². The maximum absolute atomic E-state index is 14.8. The molecular formula is C26H34FN7O2. The molecule has 0 saturated carbocycles. The molecule has 1 atom stereocenters. The van der Waals surface area contributed by atoms with Gasteiger partial charge in [-0.15, -0.1) is 0 Å². The summed E-state index contributed by atoms with van der Waals surface area (Å²) in [4.78, 5) is 35.6. The highest BCUT2D eigenvalue weighted by Gasteiger charge is 2.26. The molecule has 4 bridgehead atoms. The SMILES string of the molecule is CC(C)N1CCCCC(=O)N2CCN(CC2)c2ncnc3[nH]c(O)c(c23)C=NC2C=CC(F)=C(C2)C1. The lowest BCUT2D eigenvalue weighted by Crippen LogP contribution is -2.49. The van der Waals surface area contributed by atoms with E-state index in [2.05, 4.69) is 38.6 Å². The number of halogens is 1. The van der Waals surface area contributed by atoms with Crippen LogP contribution < -0.4 is 4.90 Å². The van der Waals surface area contributed by atoms with Crippen molar-refractivity contribution in [3.63, 3.8) is 0 Å². The van der Waals surface area contributed by atoms with Gasteiger partial charge in [-0.2, -0.15) is 0 Å². The number of anilines is 1. The summed E-state index contributed by atoms with van der Waals surface area (Å²) >= 11 is 0. The number of amides is 1. The van der Waals surface area contributed by atoms with Crippen molar-refractivity contribution in [3.05, 3.63) is 35.4 Å². The average Bonchev–Trinajstić information content (AvgIpc) is 3.20. The summed E-state index contributed by atoms with van der Waals surface area (Å²) in [5.41, 5.74) is 1.78. The van der Waals surface area contributed by atoms with E-state index in [4.69, 9.17) is 4.99 Å². The second-order valence-electron chi connectivity index (χ2n) is 10.1. The predicted octanol–water partition coefficient (Wildman–Crippen LogP) is 3.18. The molecule has 192 valence electrons. The number of aliphatic imine (C=N–C) groups is 1. The summed E-state index contributed by atoms with van der Waals surface area (Å²) in [6, 6.07) is 0.0341. The topological polar surface area (TPSA) is 101 Å². The molecule has 1 aliphatic carbocycles. The minimum absolute atomic E-state index is 0.0251. The van der Waals surface area contributed by atoms with Gasteiger partial charge in [0.05, 0.1) is 17.0 Å². The van der Waals surface area contributed by atoms with Crippen molar-refractivity contribution in [2.45, 2.75) is 51.6 Å². The Morgan fingerprint density at radius 1 is 1.11 bits per heavy atom. The molecule has 4 aliphatic rings.